The van der Waals surface area contributed by atoms with E-state index in [-0.39, 0.29) is 20.9 Å². The third-order valence-corrected chi connectivity index (χ3v) is 6.98. The number of amides is 1. The highest BCUT2D eigenvalue weighted by molar-refractivity contribution is 5.91. The molecule has 8 heteroatoms. The van der Waals surface area contributed by atoms with Gasteiger partial charge in [-0.3, -0.25) is 19.1 Å². The number of aromatic nitrogens is 3. The van der Waals surface area contributed by atoms with Crippen LogP contribution in [0.25, 0.3) is 11.0 Å². The van der Waals surface area contributed by atoms with E-state index in [9.17, 15) is 9.59 Å². The molecule has 0 radical (unpaired) electrons. The molecule has 0 bridgehead atoms. The maximum atomic E-state index is 12.5. The van der Waals surface area contributed by atoms with Crippen molar-refractivity contribution in [2.45, 2.75) is 65.3 Å². The number of allylic oxidation sites excluding steroid dienone is 1. The van der Waals surface area contributed by atoms with Crippen LogP contribution in [0.15, 0.2) is 64.7 Å². The molecule has 2 saturated carbocycles. The Morgan fingerprint density at radius 2 is 1.87 bits per heavy atom. The molecule has 204 valence electrons. The summed E-state index contributed by atoms with van der Waals surface area (Å²) >= 11 is 0. The van der Waals surface area contributed by atoms with Crippen LogP contribution in [0.3, 0.4) is 0 Å². The lowest BCUT2D eigenvalue weighted by Gasteiger charge is -2.21. The van der Waals surface area contributed by atoms with Crippen molar-refractivity contribution >= 4 is 34.8 Å². The number of carbonyl (C=O) groups is 1. The number of nitrogens with zero attached hydrogens (tertiary/aromatic N) is 4. The van der Waals surface area contributed by atoms with Crippen molar-refractivity contribution in [3.05, 3.63) is 70.8 Å². The minimum absolute atomic E-state index is 0. The number of carbonyl (C=O) groups excluding carboxylic acids is 1. The van der Waals surface area contributed by atoms with E-state index >= 15 is 0 Å². The van der Waals surface area contributed by atoms with Crippen LogP contribution in [0.1, 0.15) is 60.3 Å². The van der Waals surface area contributed by atoms with Gasteiger partial charge in [0.05, 0.1) is 0 Å². The summed E-state index contributed by atoms with van der Waals surface area (Å²) < 4.78 is 1.40. The number of nitrogens with one attached hydrogen (secondary N) is 2. The molecule has 0 saturated heterocycles. The van der Waals surface area contributed by atoms with Gasteiger partial charge in [0.1, 0.15) is 12.2 Å². The van der Waals surface area contributed by atoms with Crippen LogP contribution in [-0.4, -0.2) is 33.2 Å². The third kappa shape index (κ3) is 7.84. The molecule has 2 aliphatic rings. The summed E-state index contributed by atoms with van der Waals surface area (Å²) in [5, 5.41) is 6.87. The van der Waals surface area contributed by atoms with Crippen LogP contribution in [0.2, 0.25) is 0 Å². The van der Waals surface area contributed by atoms with E-state index in [2.05, 4.69) is 32.2 Å². The summed E-state index contributed by atoms with van der Waals surface area (Å²) in [4.78, 5) is 38.0. The van der Waals surface area contributed by atoms with E-state index in [1.807, 2.05) is 38.1 Å². The molecular weight excluding hydrogens is 476 g/mol. The van der Waals surface area contributed by atoms with E-state index in [1.165, 1.54) is 55.6 Å². The fourth-order valence-electron chi connectivity index (χ4n) is 4.60. The summed E-state index contributed by atoms with van der Waals surface area (Å²) in [5.41, 5.74) is 3.07. The number of benzene rings is 1. The molecule has 1 aromatic carbocycles. The highest BCUT2D eigenvalue weighted by atomic mass is 16.2. The largest absolute Gasteiger partial charge is 0.354 e. The standard InChI is InChI=1S/C23H27N5O2.C7H11N.2H2/c1-16-7-10-19(11-8-16)26-20(29)15-28-21(30)12-9-18-14-25-23(27-22(18)28)24-13-17-5-3-2-4-6-17;1-3-8-6(2)7-4-5-7;;/h7-12,14,17H,2-6,13,15H2,1H3,(H,26,29)(H,24,25,27);3,7H,2,4-5H2,1H3;2*1H. The molecule has 2 aliphatic carbocycles. The Hall–Kier alpha value is -3.81. The maximum absolute atomic E-state index is 12.5. The van der Waals surface area contributed by atoms with Gasteiger partial charge in [0.25, 0.3) is 5.56 Å². The zero-order valence-electron chi connectivity index (χ0n) is 22.4. The van der Waals surface area contributed by atoms with Gasteiger partial charge in [-0.15, -0.1) is 0 Å². The summed E-state index contributed by atoms with van der Waals surface area (Å²) in [6.45, 7) is 8.44. The second-order valence-electron chi connectivity index (χ2n) is 10.2. The first-order valence-corrected chi connectivity index (χ1v) is 13.6. The van der Waals surface area contributed by atoms with Gasteiger partial charge < -0.3 is 10.6 Å². The van der Waals surface area contributed by atoms with Crippen molar-refractivity contribution in [1.29, 1.82) is 0 Å². The smallest absolute Gasteiger partial charge is 0.252 e. The molecule has 1 amide bonds. The highest BCUT2D eigenvalue weighted by Gasteiger charge is 2.23. The first kappa shape index (κ1) is 27.2. The molecule has 5 rings (SSSR count). The number of aryl methyl sites for hydroxylation is 1. The molecular formula is C30H42N6O2. The molecule has 8 nitrogen and oxygen atoms in total. The zero-order valence-corrected chi connectivity index (χ0v) is 22.4. The second kappa shape index (κ2) is 13.1. The van der Waals surface area contributed by atoms with Crippen LogP contribution in [0.5, 0.6) is 0 Å². The Balaban J connectivity index is 0.000000485. The lowest BCUT2D eigenvalue weighted by molar-refractivity contribution is -0.116. The van der Waals surface area contributed by atoms with E-state index in [4.69, 9.17) is 0 Å². The molecule has 0 spiro atoms. The first-order valence-electron chi connectivity index (χ1n) is 13.6. The van der Waals surface area contributed by atoms with Gasteiger partial charge in [0.15, 0.2) is 0 Å². The number of fused-ring (bicyclic) bond motifs is 1. The SMILES string of the molecule is C=C(N=CC)C1CC1.Cc1ccc(NC(=O)Cn2c(=O)ccc3cnc(NCC4CCCCC4)nc32)cc1.[HH].[HH]. The number of hydrogen-bond acceptors (Lipinski definition) is 6. The summed E-state index contributed by atoms with van der Waals surface area (Å²) in [5.74, 6) is 1.58. The van der Waals surface area contributed by atoms with Gasteiger partial charge in [-0.05, 0) is 63.6 Å². The number of aliphatic imine (C=N–C) groups is 1. The fourth-order valence-corrected chi connectivity index (χ4v) is 4.60. The Kier molecular flexibility index (Phi) is 9.40. The summed E-state index contributed by atoms with van der Waals surface area (Å²) in [6, 6.07) is 10.7. The quantitative estimate of drug-likeness (QED) is 0.345. The van der Waals surface area contributed by atoms with Gasteiger partial charge in [-0.2, -0.15) is 4.98 Å². The summed E-state index contributed by atoms with van der Waals surface area (Å²) in [6.07, 6.45) is 12.4. The fraction of sp³-hybridized carbons (Fsp3) is 0.433. The van der Waals surface area contributed by atoms with Gasteiger partial charge in [-0.1, -0.05) is 43.5 Å². The molecule has 2 aromatic heterocycles. The lowest BCUT2D eigenvalue weighted by Crippen LogP contribution is -2.28. The van der Waals surface area contributed by atoms with Gasteiger partial charge in [-0.25, -0.2) is 4.98 Å². The summed E-state index contributed by atoms with van der Waals surface area (Å²) in [7, 11) is 0. The van der Waals surface area contributed by atoms with Crippen molar-refractivity contribution in [3.63, 3.8) is 0 Å². The number of hydrogen-bond donors (Lipinski definition) is 2. The van der Waals surface area contributed by atoms with Crippen LogP contribution in [-0.2, 0) is 11.3 Å². The van der Waals surface area contributed by atoms with E-state index in [0.717, 1.165) is 29.1 Å². The van der Waals surface area contributed by atoms with Gasteiger partial charge in [0.2, 0.25) is 11.9 Å². The predicted octanol–water partition coefficient (Wildman–Crippen LogP) is 6.22. The Labute approximate surface area is 227 Å². The number of pyridine rings is 1. The minimum atomic E-state index is -0.274. The van der Waals surface area contributed by atoms with Crippen LogP contribution in [0.4, 0.5) is 11.6 Å². The number of anilines is 2. The Morgan fingerprint density at radius 3 is 2.55 bits per heavy atom. The predicted molar refractivity (Wildman–Crippen MR) is 159 cm³/mol. The van der Waals surface area contributed by atoms with Gasteiger partial charge >= 0.3 is 0 Å². The molecule has 0 unspecified atom stereocenters. The van der Waals surface area contributed by atoms with Crippen molar-refractivity contribution in [2.75, 3.05) is 17.2 Å². The van der Waals surface area contributed by atoms with Crippen molar-refractivity contribution in [1.82, 2.24) is 14.5 Å². The monoisotopic (exact) mass is 518 g/mol. The molecule has 3 aromatic rings. The van der Waals surface area contributed by atoms with Crippen molar-refractivity contribution in [2.24, 2.45) is 16.8 Å². The lowest BCUT2D eigenvalue weighted by atomic mass is 9.89. The molecule has 0 atom stereocenters. The number of rotatable bonds is 8. The molecule has 38 heavy (non-hydrogen) atoms. The normalized spacial score (nSPS) is 15.6. The van der Waals surface area contributed by atoms with Crippen LogP contribution in [0, 0.1) is 18.8 Å². The van der Waals surface area contributed by atoms with Crippen LogP contribution >= 0.6 is 0 Å². The van der Waals surface area contributed by atoms with E-state index in [1.54, 1.807) is 18.5 Å². The molecule has 2 heterocycles. The third-order valence-electron chi connectivity index (χ3n) is 6.98. The molecule has 2 fully saturated rings. The molecule has 0 aliphatic heterocycles. The van der Waals surface area contributed by atoms with Gasteiger partial charge in [0, 0.05) is 50.6 Å². The molecule has 2 N–H and O–H groups in total. The van der Waals surface area contributed by atoms with Crippen molar-refractivity contribution < 1.29 is 7.65 Å². The minimum Gasteiger partial charge on any atom is -0.354 e. The topological polar surface area (TPSA) is 101 Å². The van der Waals surface area contributed by atoms with Crippen molar-refractivity contribution in [3.8, 4) is 0 Å². The average Bonchev–Trinajstić information content (AvgIpc) is 3.78. The van der Waals surface area contributed by atoms with E-state index < -0.39 is 0 Å². The Morgan fingerprint density at radius 1 is 1.13 bits per heavy atom. The first-order chi connectivity index (χ1) is 18.4. The van der Waals surface area contributed by atoms with E-state index in [0.29, 0.717) is 23.2 Å². The zero-order chi connectivity index (χ0) is 26.9. The Bertz CT molecular complexity index is 1350. The average molecular weight is 519 g/mol. The second-order valence-corrected chi connectivity index (χ2v) is 10.2. The van der Waals surface area contributed by atoms with Crippen LogP contribution < -0.4 is 16.2 Å². The highest BCUT2D eigenvalue weighted by Crippen LogP contribution is 2.35. The maximum Gasteiger partial charge on any atom is 0.252 e.